The van der Waals surface area contributed by atoms with Gasteiger partial charge in [-0.1, -0.05) is 29.5 Å². The van der Waals surface area contributed by atoms with E-state index in [1.54, 1.807) is 11.3 Å². The molecule has 0 radical (unpaired) electrons. The highest BCUT2D eigenvalue weighted by molar-refractivity contribution is 7.17. The third kappa shape index (κ3) is 5.56. The second kappa shape index (κ2) is 10.5. The van der Waals surface area contributed by atoms with Gasteiger partial charge in [-0.15, -0.1) is 10.2 Å². The first-order valence-corrected chi connectivity index (χ1v) is 12.6. The first-order valence-electron chi connectivity index (χ1n) is 11.8. The maximum atomic E-state index is 12.5. The summed E-state index contributed by atoms with van der Waals surface area (Å²) in [5, 5.41) is 13.9. The van der Waals surface area contributed by atoms with Crippen LogP contribution in [0.4, 0.5) is 5.69 Å². The zero-order chi connectivity index (χ0) is 24.2. The van der Waals surface area contributed by atoms with Gasteiger partial charge >= 0.3 is 0 Å². The molecule has 1 aliphatic carbocycles. The number of rotatable bonds is 8. The minimum absolute atomic E-state index is 0.0408. The highest BCUT2D eigenvalue weighted by Gasteiger charge is 2.25. The first-order chi connectivity index (χ1) is 16.3. The van der Waals surface area contributed by atoms with Crippen molar-refractivity contribution in [1.82, 2.24) is 20.4 Å². The van der Waals surface area contributed by atoms with Gasteiger partial charge in [0.2, 0.25) is 5.91 Å². The number of nitrogens with one attached hydrogen (secondary N) is 1. The van der Waals surface area contributed by atoms with Gasteiger partial charge in [0.15, 0.2) is 0 Å². The van der Waals surface area contributed by atoms with Crippen LogP contribution in [0.3, 0.4) is 0 Å². The molecule has 3 N–H and O–H groups in total. The van der Waals surface area contributed by atoms with Crippen LogP contribution in [0.5, 0.6) is 5.75 Å². The van der Waals surface area contributed by atoms with E-state index in [0.29, 0.717) is 17.9 Å². The van der Waals surface area contributed by atoms with Crippen LogP contribution in [-0.2, 0) is 11.2 Å². The number of aromatic nitrogens is 2. The molecule has 0 bridgehead atoms. The number of amides is 1. The number of nitrogen functional groups attached to an aromatic ring is 1. The van der Waals surface area contributed by atoms with Gasteiger partial charge in [0, 0.05) is 24.1 Å². The van der Waals surface area contributed by atoms with Crippen LogP contribution in [-0.4, -0.2) is 47.7 Å². The number of nitrogens with zero attached hydrogens (tertiary/aromatic N) is 3. The topological polar surface area (TPSA) is 93.4 Å². The van der Waals surface area contributed by atoms with Crippen LogP contribution < -0.4 is 15.8 Å². The third-order valence-corrected chi connectivity index (χ3v) is 6.91. The summed E-state index contributed by atoms with van der Waals surface area (Å²) in [6.07, 6.45) is 3.52. The average molecular weight is 480 g/mol. The van der Waals surface area contributed by atoms with Crippen LogP contribution in [0, 0.1) is 0 Å². The molecule has 3 aromatic rings. The van der Waals surface area contributed by atoms with Gasteiger partial charge in [-0.3, -0.25) is 4.79 Å². The smallest absolute Gasteiger partial charge is 0.221 e. The van der Waals surface area contributed by atoms with E-state index in [0.717, 1.165) is 46.9 Å². The van der Waals surface area contributed by atoms with E-state index >= 15 is 0 Å². The van der Waals surface area contributed by atoms with E-state index in [1.165, 1.54) is 11.1 Å². The number of nitrogens with two attached hydrogens (primary N) is 1. The number of hydrogen-bond donors (Lipinski definition) is 2. The van der Waals surface area contributed by atoms with E-state index in [4.69, 9.17) is 10.5 Å². The van der Waals surface area contributed by atoms with Gasteiger partial charge in [0.25, 0.3) is 0 Å². The van der Waals surface area contributed by atoms with Crippen molar-refractivity contribution in [1.29, 1.82) is 0 Å². The summed E-state index contributed by atoms with van der Waals surface area (Å²) in [6, 6.07) is 12.1. The van der Waals surface area contributed by atoms with Crippen molar-refractivity contribution in [3.8, 4) is 26.9 Å². The summed E-state index contributed by atoms with van der Waals surface area (Å²) in [5.74, 6) is 0.775. The lowest BCUT2D eigenvalue weighted by molar-refractivity contribution is -0.122. The minimum Gasteiger partial charge on any atom is -0.489 e. The Morgan fingerprint density at radius 3 is 2.76 bits per heavy atom. The first kappa shape index (κ1) is 24.2. The zero-order valence-corrected chi connectivity index (χ0v) is 21.1. The van der Waals surface area contributed by atoms with Crippen LogP contribution in [0.1, 0.15) is 50.3 Å². The summed E-state index contributed by atoms with van der Waals surface area (Å²) in [6.45, 7) is 4.70. The summed E-state index contributed by atoms with van der Waals surface area (Å²) in [7, 11) is 3.96. The highest BCUT2D eigenvalue weighted by atomic mass is 32.1. The molecule has 34 heavy (non-hydrogen) atoms. The van der Waals surface area contributed by atoms with Gasteiger partial charge < -0.3 is 20.7 Å². The van der Waals surface area contributed by atoms with Crippen molar-refractivity contribution in [3.05, 3.63) is 47.5 Å². The van der Waals surface area contributed by atoms with Crippen LogP contribution in [0.25, 0.3) is 21.1 Å². The fourth-order valence-corrected chi connectivity index (χ4v) is 5.17. The normalized spacial score (nSPS) is 15.4. The molecule has 1 aromatic heterocycles. The van der Waals surface area contributed by atoms with Crippen molar-refractivity contribution in [2.45, 2.75) is 51.7 Å². The van der Waals surface area contributed by atoms with Crippen LogP contribution in [0.2, 0.25) is 0 Å². The van der Waals surface area contributed by atoms with Gasteiger partial charge in [0.1, 0.15) is 15.8 Å². The quantitative estimate of drug-likeness (QED) is 0.456. The fraction of sp³-hybridized carbons (Fsp3) is 0.423. The Hall–Kier alpha value is -2.97. The number of carbonyl (C=O) groups excluding carboxylic acids is 1. The van der Waals surface area contributed by atoms with E-state index in [-0.39, 0.29) is 18.1 Å². The third-order valence-electron chi connectivity index (χ3n) is 5.90. The lowest BCUT2D eigenvalue weighted by Crippen LogP contribution is -2.33. The number of benzene rings is 2. The lowest BCUT2D eigenvalue weighted by atomic mass is 9.85. The van der Waals surface area contributed by atoms with Crippen molar-refractivity contribution in [2.24, 2.45) is 0 Å². The van der Waals surface area contributed by atoms with Crippen molar-refractivity contribution < 1.29 is 9.53 Å². The molecule has 180 valence electrons. The molecular weight excluding hydrogens is 446 g/mol. The maximum Gasteiger partial charge on any atom is 0.221 e. The second-order valence-corrected chi connectivity index (χ2v) is 10.2. The number of anilines is 1. The number of carbonyl (C=O) groups is 1. The number of fused-ring (bicyclic) bond motifs is 1. The van der Waals surface area contributed by atoms with Gasteiger partial charge in [-0.2, -0.15) is 0 Å². The fourth-order valence-electron chi connectivity index (χ4n) is 4.28. The summed E-state index contributed by atoms with van der Waals surface area (Å²) in [4.78, 5) is 14.5. The standard InChI is InChI=1S/C26H33N5O2S/c1-16(2)33-23-12-11-17(15-21(23)27)25-29-30-26(34-25)20-9-5-8-19-18(20)7-6-10-22(19)28-24(32)13-14-31(3)4/h5,8-9,11-12,15-16,22H,6-7,10,13-14,27H2,1-4H3,(H,28,32)/t22-/m0/s1. The molecule has 2 aromatic carbocycles. The summed E-state index contributed by atoms with van der Waals surface area (Å²) < 4.78 is 5.75. The van der Waals surface area contributed by atoms with Gasteiger partial charge in [0.05, 0.1) is 17.8 Å². The molecule has 1 amide bonds. The Labute approximate surface area is 205 Å². The second-order valence-electron chi connectivity index (χ2n) is 9.27. The maximum absolute atomic E-state index is 12.5. The molecule has 4 rings (SSSR count). The Bertz CT molecular complexity index is 1160. The Balaban J connectivity index is 1.57. The lowest BCUT2D eigenvalue weighted by Gasteiger charge is -2.28. The Kier molecular flexibility index (Phi) is 7.48. The monoisotopic (exact) mass is 479 g/mol. The average Bonchev–Trinajstić information content (AvgIpc) is 3.29. The Morgan fingerprint density at radius 2 is 2.03 bits per heavy atom. The van der Waals surface area contributed by atoms with Crippen molar-refractivity contribution in [2.75, 3.05) is 26.4 Å². The molecule has 0 saturated carbocycles. The minimum atomic E-state index is 0.0408. The number of ether oxygens (including phenoxy) is 1. The molecule has 8 heteroatoms. The molecule has 7 nitrogen and oxygen atoms in total. The van der Waals surface area contributed by atoms with Crippen LogP contribution >= 0.6 is 11.3 Å². The molecule has 0 fully saturated rings. The van der Waals surface area contributed by atoms with Crippen LogP contribution in [0.15, 0.2) is 36.4 Å². The molecule has 0 unspecified atom stereocenters. The highest BCUT2D eigenvalue weighted by Crippen LogP contribution is 2.39. The number of hydrogen-bond acceptors (Lipinski definition) is 7. The Morgan fingerprint density at radius 1 is 1.24 bits per heavy atom. The zero-order valence-electron chi connectivity index (χ0n) is 20.3. The predicted molar refractivity (Wildman–Crippen MR) is 138 cm³/mol. The van der Waals surface area contributed by atoms with Gasteiger partial charge in [-0.05, 0) is 76.5 Å². The molecule has 1 aliphatic rings. The molecule has 0 spiro atoms. The van der Waals surface area contributed by atoms with E-state index in [9.17, 15) is 4.79 Å². The molecule has 0 saturated heterocycles. The van der Waals surface area contributed by atoms with E-state index in [1.807, 2.05) is 51.0 Å². The molecule has 1 heterocycles. The molecule has 1 atom stereocenters. The largest absolute Gasteiger partial charge is 0.489 e. The van der Waals surface area contributed by atoms with Crippen molar-refractivity contribution in [3.63, 3.8) is 0 Å². The van der Waals surface area contributed by atoms with Crippen molar-refractivity contribution >= 4 is 22.9 Å². The summed E-state index contributed by atoms with van der Waals surface area (Å²) in [5.41, 5.74) is 11.3. The van der Waals surface area contributed by atoms with E-state index in [2.05, 4.69) is 33.7 Å². The van der Waals surface area contributed by atoms with Gasteiger partial charge in [-0.25, -0.2) is 0 Å². The SMILES string of the molecule is CC(C)Oc1ccc(-c2nnc(-c3cccc4c3CCC[C@@H]4NC(=O)CCN(C)C)s2)cc1N. The summed E-state index contributed by atoms with van der Waals surface area (Å²) >= 11 is 1.56. The molecular formula is C26H33N5O2S. The van der Waals surface area contributed by atoms with E-state index < -0.39 is 0 Å². The predicted octanol–water partition coefficient (Wildman–Crippen LogP) is 4.69. The molecule has 0 aliphatic heterocycles.